The summed E-state index contributed by atoms with van der Waals surface area (Å²) >= 11 is 1.47. The van der Waals surface area contributed by atoms with Gasteiger partial charge in [-0.15, -0.1) is 11.3 Å². The van der Waals surface area contributed by atoms with Crippen molar-refractivity contribution in [3.63, 3.8) is 0 Å². The molecule has 0 atom stereocenters. The van der Waals surface area contributed by atoms with Crippen molar-refractivity contribution in [2.75, 3.05) is 12.4 Å². The minimum Gasteiger partial charge on any atom is -0.496 e. The second kappa shape index (κ2) is 6.83. The Labute approximate surface area is 139 Å². The maximum Gasteiger partial charge on any atom is 0.313 e. The fourth-order valence-electron chi connectivity index (χ4n) is 2.24. The van der Waals surface area contributed by atoms with Crippen LogP contribution in [0.3, 0.4) is 0 Å². The molecule has 2 N–H and O–H groups in total. The highest BCUT2D eigenvalue weighted by molar-refractivity contribution is 7.08. The largest absolute Gasteiger partial charge is 0.496 e. The lowest BCUT2D eigenvalue weighted by Crippen LogP contribution is -2.46. The van der Waals surface area contributed by atoms with Crippen LogP contribution in [0, 0.1) is 6.92 Å². The lowest BCUT2D eigenvalue weighted by molar-refractivity contribution is -0.137. The maximum atomic E-state index is 12.2. The molecule has 1 aromatic heterocycles. The molecule has 0 fully saturated rings. The number of thiophene rings is 1. The molecule has 6 heteroatoms. The Bertz CT molecular complexity index is 722. The van der Waals surface area contributed by atoms with Crippen LogP contribution in [-0.4, -0.2) is 18.9 Å². The van der Waals surface area contributed by atoms with Gasteiger partial charge >= 0.3 is 11.8 Å². The Morgan fingerprint density at radius 2 is 1.83 bits per heavy atom. The Balaban J connectivity index is 2.11. The van der Waals surface area contributed by atoms with Crippen LogP contribution in [0.1, 0.15) is 25.0 Å². The second-order valence-corrected chi connectivity index (χ2v) is 6.45. The number of amides is 2. The van der Waals surface area contributed by atoms with E-state index in [0.717, 1.165) is 11.1 Å². The van der Waals surface area contributed by atoms with Gasteiger partial charge in [0.15, 0.2) is 0 Å². The van der Waals surface area contributed by atoms with E-state index in [9.17, 15) is 9.59 Å². The molecule has 0 spiro atoms. The lowest BCUT2D eigenvalue weighted by Gasteiger charge is -2.28. The Morgan fingerprint density at radius 1 is 1.13 bits per heavy atom. The van der Waals surface area contributed by atoms with Crippen molar-refractivity contribution in [1.29, 1.82) is 0 Å². The monoisotopic (exact) mass is 332 g/mol. The second-order valence-electron chi connectivity index (χ2n) is 5.70. The molecule has 1 aromatic carbocycles. The summed E-state index contributed by atoms with van der Waals surface area (Å²) in [7, 11) is 1.57. The van der Waals surface area contributed by atoms with Crippen LogP contribution in [0.15, 0.2) is 35.0 Å². The number of para-hydroxylation sites is 1. The molecule has 0 radical (unpaired) electrons. The van der Waals surface area contributed by atoms with Crippen molar-refractivity contribution in [1.82, 2.24) is 5.32 Å². The average Bonchev–Trinajstić information content (AvgIpc) is 2.91. The number of aryl methyl sites for hydroxylation is 1. The molecule has 2 amide bonds. The maximum absolute atomic E-state index is 12.2. The quantitative estimate of drug-likeness (QED) is 0.846. The predicted octanol–water partition coefficient (Wildman–Crippen LogP) is 3.06. The third-order valence-electron chi connectivity index (χ3n) is 3.52. The van der Waals surface area contributed by atoms with Crippen molar-refractivity contribution in [3.8, 4) is 5.75 Å². The first kappa shape index (κ1) is 17.0. The SMILES string of the molecule is COc1ccccc1C(C)(C)NC(=O)C(=O)Nc1cscc1C. The van der Waals surface area contributed by atoms with Crippen LogP contribution < -0.4 is 15.4 Å². The number of methoxy groups -OCH3 is 1. The van der Waals surface area contributed by atoms with Crippen LogP contribution in [-0.2, 0) is 15.1 Å². The van der Waals surface area contributed by atoms with Crippen LogP contribution >= 0.6 is 11.3 Å². The van der Waals surface area contributed by atoms with E-state index in [0.29, 0.717) is 11.4 Å². The van der Waals surface area contributed by atoms with Gasteiger partial charge in [0, 0.05) is 10.9 Å². The van der Waals surface area contributed by atoms with E-state index in [-0.39, 0.29) is 0 Å². The van der Waals surface area contributed by atoms with Gasteiger partial charge in [0.2, 0.25) is 0 Å². The van der Waals surface area contributed by atoms with E-state index < -0.39 is 17.4 Å². The van der Waals surface area contributed by atoms with Gasteiger partial charge in [-0.25, -0.2) is 0 Å². The summed E-state index contributed by atoms with van der Waals surface area (Å²) in [5.41, 5.74) is 1.64. The Morgan fingerprint density at radius 3 is 2.43 bits per heavy atom. The van der Waals surface area contributed by atoms with Crippen molar-refractivity contribution >= 4 is 28.8 Å². The Kier molecular flexibility index (Phi) is 5.05. The van der Waals surface area contributed by atoms with Gasteiger partial charge in [-0.2, -0.15) is 0 Å². The molecule has 0 unspecified atom stereocenters. The standard InChI is InChI=1S/C17H20N2O3S/c1-11-9-23-10-13(11)18-15(20)16(21)19-17(2,3)12-7-5-6-8-14(12)22-4/h5-10H,1-4H3,(H,18,20)(H,19,21). The normalized spacial score (nSPS) is 11.0. The molecule has 2 rings (SSSR count). The molecule has 0 saturated carbocycles. The zero-order chi connectivity index (χ0) is 17.0. The van der Waals surface area contributed by atoms with Gasteiger partial charge < -0.3 is 15.4 Å². The highest BCUT2D eigenvalue weighted by Gasteiger charge is 2.29. The molecule has 122 valence electrons. The highest BCUT2D eigenvalue weighted by Crippen LogP contribution is 2.29. The molecule has 2 aromatic rings. The predicted molar refractivity (Wildman–Crippen MR) is 91.8 cm³/mol. The third-order valence-corrected chi connectivity index (χ3v) is 4.38. The van der Waals surface area contributed by atoms with Crippen LogP contribution in [0.5, 0.6) is 5.75 Å². The molecular formula is C17H20N2O3S. The first-order chi connectivity index (χ1) is 10.8. The van der Waals surface area contributed by atoms with Gasteiger partial charge in [0.05, 0.1) is 18.3 Å². The van der Waals surface area contributed by atoms with Crippen LogP contribution in [0.25, 0.3) is 0 Å². The van der Waals surface area contributed by atoms with Gasteiger partial charge in [-0.05, 0) is 37.8 Å². The highest BCUT2D eigenvalue weighted by atomic mass is 32.1. The minimum absolute atomic E-state index is 0.658. The number of carbonyl (C=O) groups is 2. The molecule has 0 aliphatic rings. The number of hydrogen-bond donors (Lipinski definition) is 2. The summed E-state index contributed by atoms with van der Waals surface area (Å²) in [4.78, 5) is 24.3. The molecule has 0 saturated heterocycles. The minimum atomic E-state index is -0.745. The van der Waals surface area contributed by atoms with Gasteiger partial charge in [-0.1, -0.05) is 18.2 Å². The molecule has 1 heterocycles. The van der Waals surface area contributed by atoms with Crippen molar-refractivity contribution in [3.05, 3.63) is 46.2 Å². The summed E-state index contributed by atoms with van der Waals surface area (Å²) in [6.45, 7) is 5.53. The average molecular weight is 332 g/mol. The molecule has 5 nitrogen and oxygen atoms in total. The number of benzene rings is 1. The summed E-state index contributed by atoms with van der Waals surface area (Å²) in [5, 5.41) is 9.08. The number of carbonyl (C=O) groups excluding carboxylic acids is 2. The fourth-order valence-corrected chi connectivity index (χ4v) is 3.02. The van der Waals surface area contributed by atoms with E-state index in [4.69, 9.17) is 4.74 Å². The summed E-state index contributed by atoms with van der Waals surface area (Å²) < 4.78 is 5.32. The molecule has 0 aliphatic carbocycles. The summed E-state index contributed by atoms with van der Waals surface area (Å²) in [5.74, 6) is -0.715. The van der Waals surface area contributed by atoms with Crippen LogP contribution in [0.4, 0.5) is 5.69 Å². The van der Waals surface area contributed by atoms with Gasteiger partial charge in [0.25, 0.3) is 0 Å². The molecule has 0 aliphatic heterocycles. The summed E-state index contributed by atoms with van der Waals surface area (Å²) in [6.07, 6.45) is 0. The van der Waals surface area contributed by atoms with Gasteiger partial charge in [-0.3, -0.25) is 9.59 Å². The zero-order valence-electron chi connectivity index (χ0n) is 13.6. The number of anilines is 1. The molecular weight excluding hydrogens is 312 g/mol. The number of nitrogens with one attached hydrogen (secondary N) is 2. The van der Waals surface area contributed by atoms with Crippen molar-refractivity contribution in [2.24, 2.45) is 0 Å². The molecule has 23 heavy (non-hydrogen) atoms. The van der Waals surface area contributed by atoms with E-state index in [1.165, 1.54) is 11.3 Å². The topological polar surface area (TPSA) is 67.4 Å². The number of rotatable bonds is 4. The summed E-state index contributed by atoms with van der Waals surface area (Å²) in [6, 6.07) is 7.39. The van der Waals surface area contributed by atoms with E-state index >= 15 is 0 Å². The first-order valence-electron chi connectivity index (χ1n) is 7.15. The lowest BCUT2D eigenvalue weighted by atomic mass is 9.93. The van der Waals surface area contributed by atoms with Crippen LogP contribution in [0.2, 0.25) is 0 Å². The number of hydrogen-bond acceptors (Lipinski definition) is 4. The van der Waals surface area contributed by atoms with Crippen molar-refractivity contribution in [2.45, 2.75) is 26.3 Å². The fraction of sp³-hybridized carbons (Fsp3) is 0.294. The van der Waals surface area contributed by atoms with E-state index in [2.05, 4.69) is 10.6 Å². The van der Waals surface area contributed by atoms with E-state index in [1.807, 2.05) is 50.4 Å². The third kappa shape index (κ3) is 3.90. The Hall–Kier alpha value is -2.34. The first-order valence-corrected chi connectivity index (χ1v) is 8.09. The zero-order valence-corrected chi connectivity index (χ0v) is 14.4. The van der Waals surface area contributed by atoms with Crippen molar-refractivity contribution < 1.29 is 14.3 Å². The number of ether oxygens (including phenoxy) is 1. The van der Waals surface area contributed by atoms with E-state index in [1.54, 1.807) is 12.5 Å². The molecule has 0 bridgehead atoms. The van der Waals surface area contributed by atoms with Gasteiger partial charge in [0.1, 0.15) is 5.75 Å². The smallest absolute Gasteiger partial charge is 0.313 e.